The molecule has 0 radical (unpaired) electrons. The first-order valence-corrected chi connectivity index (χ1v) is 5.73. The van der Waals surface area contributed by atoms with Crippen LogP contribution in [0.15, 0.2) is 0 Å². The molecule has 0 bridgehead atoms. The molecule has 4 nitrogen and oxygen atoms in total. The lowest BCUT2D eigenvalue weighted by Crippen LogP contribution is -2.44. The number of alkyl halides is 1. The van der Waals surface area contributed by atoms with Gasteiger partial charge in [-0.05, 0) is 12.8 Å². The summed E-state index contributed by atoms with van der Waals surface area (Å²) in [6.45, 7) is 3.05. The summed E-state index contributed by atoms with van der Waals surface area (Å²) < 4.78 is 0. The van der Waals surface area contributed by atoms with Crippen molar-refractivity contribution < 1.29 is 9.59 Å². The SMILES string of the molecule is CC(CCl)C(=O)N1CCC(C(N)=O)CC1. The van der Waals surface area contributed by atoms with E-state index in [2.05, 4.69) is 0 Å². The average Bonchev–Trinajstić information content (AvgIpc) is 2.27. The van der Waals surface area contributed by atoms with Crippen LogP contribution in [0.2, 0.25) is 0 Å². The van der Waals surface area contributed by atoms with Crippen molar-refractivity contribution in [3.63, 3.8) is 0 Å². The van der Waals surface area contributed by atoms with E-state index in [1.165, 1.54) is 0 Å². The van der Waals surface area contributed by atoms with Crippen LogP contribution in [0.3, 0.4) is 0 Å². The highest BCUT2D eigenvalue weighted by Gasteiger charge is 2.27. The quantitative estimate of drug-likeness (QED) is 0.724. The van der Waals surface area contributed by atoms with Gasteiger partial charge in [0.2, 0.25) is 11.8 Å². The van der Waals surface area contributed by atoms with Gasteiger partial charge in [0.15, 0.2) is 0 Å². The number of nitrogens with two attached hydrogens (primary N) is 1. The predicted octanol–water partition coefficient (Wildman–Crippen LogP) is 0.585. The number of halogens is 1. The van der Waals surface area contributed by atoms with Crippen LogP contribution in [0, 0.1) is 11.8 Å². The second-order valence-electron chi connectivity index (χ2n) is 4.06. The normalized spacial score (nSPS) is 20.0. The first-order chi connectivity index (χ1) is 7.06. The summed E-state index contributed by atoms with van der Waals surface area (Å²) in [5.74, 6) is -0.0493. The Bertz CT molecular complexity index is 250. The Kier molecular flexibility index (Phi) is 4.39. The summed E-state index contributed by atoms with van der Waals surface area (Å²) in [6, 6.07) is 0. The van der Waals surface area contributed by atoms with Crippen LogP contribution in [0.1, 0.15) is 19.8 Å². The molecule has 2 amide bonds. The monoisotopic (exact) mass is 232 g/mol. The number of nitrogens with zero attached hydrogens (tertiary/aromatic N) is 1. The summed E-state index contributed by atoms with van der Waals surface area (Å²) in [4.78, 5) is 24.4. The standard InChI is InChI=1S/C10H17ClN2O2/c1-7(6-11)10(15)13-4-2-8(3-5-13)9(12)14/h7-8H,2-6H2,1H3,(H2,12,14). The molecular formula is C10H17ClN2O2. The van der Waals surface area contributed by atoms with E-state index in [4.69, 9.17) is 17.3 Å². The molecule has 0 aromatic heterocycles. The Hall–Kier alpha value is -0.770. The lowest BCUT2D eigenvalue weighted by Gasteiger charge is -2.32. The molecule has 1 unspecified atom stereocenters. The van der Waals surface area contributed by atoms with Crippen LogP contribution >= 0.6 is 11.6 Å². The van der Waals surface area contributed by atoms with Crippen LogP contribution in [-0.4, -0.2) is 35.7 Å². The van der Waals surface area contributed by atoms with Gasteiger partial charge in [-0.3, -0.25) is 9.59 Å². The van der Waals surface area contributed by atoms with E-state index < -0.39 is 0 Å². The molecule has 1 fully saturated rings. The van der Waals surface area contributed by atoms with Gasteiger partial charge in [0.1, 0.15) is 0 Å². The van der Waals surface area contributed by atoms with Gasteiger partial charge in [0.05, 0.1) is 0 Å². The molecule has 2 N–H and O–H groups in total. The molecule has 0 aromatic carbocycles. The first-order valence-electron chi connectivity index (χ1n) is 5.20. The highest BCUT2D eigenvalue weighted by molar-refractivity contribution is 6.19. The minimum absolute atomic E-state index is 0.0691. The van der Waals surface area contributed by atoms with E-state index in [9.17, 15) is 9.59 Å². The number of rotatable bonds is 3. The van der Waals surface area contributed by atoms with Crippen molar-refractivity contribution in [2.75, 3.05) is 19.0 Å². The average molecular weight is 233 g/mol. The second-order valence-corrected chi connectivity index (χ2v) is 4.37. The molecule has 1 saturated heterocycles. The molecule has 1 aliphatic rings. The third kappa shape index (κ3) is 3.09. The van der Waals surface area contributed by atoms with Gasteiger partial charge >= 0.3 is 0 Å². The Labute approximate surface area is 94.7 Å². The lowest BCUT2D eigenvalue weighted by molar-refractivity contribution is -0.137. The molecule has 1 atom stereocenters. The first kappa shape index (κ1) is 12.3. The van der Waals surface area contributed by atoms with Gasteiger partial charge in [-0.25, -0.2) is 0 Å². The topological polar surface area (TPSA) is 63.4 Å². The van der Waals surface area contributed by atoms with Crippen LogP contribution in [0.5, 0.6) is 0 Å². The van der Waals surface area contributed by atoms with Crippen molar-refractivity contribution in [1.29, 1.82) is 0 Å². The maximum absolute atomic E-state index is 11.7. The second kappa shape index (κ2) is 5.35. The Morgan fingerprint density at radius 3 is 2.40 bits per heavy atom. The molecule has 1 aliphatic heterocycles. The molecule has 1 heterocycles. The summed E-state index contributed by atoms with van der Waals surface area (Å²) >= 11 is 5.62. The molecule has 0 aromatic rings. The number of carbonyl (C=O) groups excluding carboxylic acids is 2. The van der Waals surface area contributed by atoms with E-state index in [0.29, 0.717) is 31.8 Å². The molecule has 0 saturated carbocycles. The van der Waals surface area contributed by atoms with Crippen molar-refractivity contribution in [1.82, 2.24) is 4.90 Å². The van der Waals surface area contributed by atoms with E-state index in [0.717, 1.165) is 0 Å². The summed E-state index contributed by atoms with van der Waals surface area (Å²) in [5.41, 5.74) is 5.21. The summed E-state index contributed by atoms with van der Waals surface area (Å²) in [7, 11) is 0. The molecule has 0 spiro atoms. The van der Waals surface area contributed by atoms with Gasteiger partial charge in [-0.1, -0.05) is 6.92 Å². The molecule has 0 aliphatic carbocycles. The molecule has 5 heteroatoms. The Balaban J connectivity index is 2.43. The number of carbonyl (C=O) groups is 2. The van der Waals surface area contributed by atoms with Crippen molar-refractivity contribution in [3.8, 4) is 0 Å². The van der Waals surface area contributed by atoms with Gasteiger partial charge in [-0.15, -0.1) is 11.6 Å². The number of piperidine rings is 1. The molecular weight excluding hydrogens is 216 g/mol. The van der Waals surface area contributed by atoms with E-state index in [-0.39, 0.29) is 23.7 Å². The van der Waals surface area contributed by atoms with Gasteiger partial charge < -0.3 is 10.6 Å². The Morgan fingerprint density at radius 1 is 1.47 bits per heavy atom. The van der Waals surface area contributed by atoms with Crippen LogP contribution < -0.4 is 5.73 Å². The minimum Gasteiger partial charge on any atom is -0.369 e. The maximum Gasteiger partial charge on any atom is 0.226 e. The number of hydrogen-bond acceptors (Lipinski definition) is 2. The van der Waals surface area contributed by atoms with Crippen molar-refractivity contribution in [2.45, 2.75) is 19.8 Å². The third-order valence-electron chi connectivity index (χ3n) is 2.86. The smallest absolute Gasteiger partial charge is 0.226 e. The van der Waals surface area contributed by atoms with Crippen molar-refractivity contribution >= 4 is 23.4 Å². The van der Waals surface area contributed by atoms with Gasteiger partial charge in [-0.2, -0.15) is 0 Å². The molecule has 1 rings (SSSR count). The highest BCUT2D eigenvalue weighted by atomic mass is 35.5. The zero-order valence-electron chi connectivity index (χ0n) is 8.91. The van der Waals surface area contributed by atoms with Crippen LogP contribution in [-0.2, 0) is 9.59 Å². The zero-order chi connectivity index (χ0) is 11.4. The van der Waals surface area contributed by atoms with Crippen LogP contribution in [0.4, 0.5) is 0 Å². The molecule has 15 heavy (non-hydrogen) atoms. The number of hydrogen-bond donors (Lipinski definition) is 1. The number of amides is 2. The fourth-order valence-electron chi connectivity index (χ4n) is 1.76. The highest BCUT2D eigenvalue weighted by Crippen LogP contribution is 2.18. The predicted molar refractivity (Wildman–Crippen MR) is 58.4 cm³/mol. The van der Waals surface area contributed by atoms with E-state index in [1.807, 2.05) is 6.92 Å². The fourth-order valence-corrected chi connectivity index (χ4v) is 1.89. The maximum atomic E-state index is 11.7. The fraction of sp³-hybridized carbons (Fsp3) is 0.800. The number of primary amides is 1. The van der Waals surface area contributed by atoms with Gasteiger partial charge in [0.25, 0.3) is 0 Å². The largest absolute Gasteiger partial charge is 0.369 e. The van der Waals surface area contributed by atoms with E-state index in [1.54, 1.807) is 4.90 Å². The van der Waals surface area contributed by atoms with E-state index >= 15 is 0 Å². The summed E-state index contributed by atoms with van der Waals surface area (Å²) in [5, 5.41) is 0. The minimum atomic E-state index is -0.257. The summed E-state index contributed by atoms with van der Waals surface area (Å²) in [6.07, 6.45) is 1.35. The number of likely N-dealkylation sites (tertiary alicyclic amines) is 1. The third-order valence-corrected chi connectivity index (χ3v) is 3.32. The van der Waals surface area contributed by atoms with Gasteiger partial charge in [0, 0.05) is 30.8 Å². The van der Waals surface area contributed by atoms with Crippen molar-refractivity contribution in [2.24, 2.45) is 17.6 Å². The molecule has 86 valence electrons. The lowest BCUT2D eigenvalue weighted by atomic mass is 9.95. The van der Waals surface area contributed by atoms with Crippen LogP contribution in [0.25, 0.3) is 0 Å². The zero-order valence-corrected chi connectivity index (χ0v) is 9.67. The van der Waals surface area contributed by atoms with Crippen molar-refractivity contribution in [3.05, 3.63) is 0 Å². The Morgan fingerprint density at radius 2 is 2.00 bits per heavy atom.